The molecule has 100 valence electrons. The second-order valence-electron chi connectivity index (χ2n) is 4.77. The third-order valence-corrected chi connectivity index (χ3v) is 3.81. The van der Waals surface area contributed by atoms with Crippen molar-refractivity contribution in [3.05, 3.63) is 12.7 Å². The van der Waals surface area contributed by atoms with Gasteiger partial charge >= 0.3 is 12.4 Å². The first-order valence-electron chi connectivity index (χ1n) is 6.27. The Labute approximate surface area is 107 Å². The molecular formula is C12H20N3O3+. The van der Waals surface area contributed by atoms with Gasteiger partial charge in [-0.25, -0.2) is 4.79 Å². The highest BCUT2D eigenvalue weighted by Crippen LogP contribution is 2.36. The highest BCUT2D eigenvalue weighted by Gasteiger charge is 2.43. The van der Waals surface area contributed by atoms with Gasteiger partial charge in [0.15, 0.2) is 0 Å². The Morgan fingerprint density at radius 2 is 2.22 bits per heavy atom. The molecule has 2 heterocycles. The van der Waals surface area contributed by atoms with Crippen LogP contribution in [0.2, 0.25) is 0 Å². The van der Waals surface area contributed by atoms with Crippen LogP contribution in [0.3, 0.4) is 0 Å². The number of aromatic nitrogens is 3. The molecule has 4 unspecified atom stereocenters. The van der Waals surface area contributed by atoms with Crippen LogP contribution in [0.1, 0.15) is 33.4 Å². The van der Waals surface area contributed by atoms with Gasteiger partial charge in [0.1, 0.15) is 0 Å². The summed E-state index contributed by atoms with van der Waals surface area (Å²) >= 11 is 0. The molecule has 1 saturated heterocycles. The Hall–Kier alpha value is -1.43. The molecule has 6 heteroatoms. The Morgan fingerprint density at radius 3 is 2.78 bits per heavy atom. The summed E-state index contributed by atoms with van der Waals surface area (Å²) in [6, 6.07) is 0. The van der Waals surface area contributed by atoms with Crippen LogP contribution in [0.25, 0.3) is 0 Å². The normalized spacial score (nSPS) is 31.6. The van der Waals surface area contributed by atoms with Crippen molar-refractivity contribution in [2.45, 2.75) is 39.5 Å². The summed E-state index contributed by atoms with van der Waals surface area (Å²) in [4.78, 5) is 15.6. The second kappa shape index (κ2) is 5.06. The SMILES string of the molecule is CCC1OC([n+]2cncn2C(=O)OC)C(C)C1C. The third-order valence-electron chi connectivity index (χ3n) is 3.81. The van der Waals surface area contributed by atoms with E-state index in [-0.39, 0.29) is 12.3 Å². The van der Waals surface area contributed by atoms with Gasteiger partial charge in [-0.1, -0.05) is 25.5 Å². The van der Waals surface area contributed by atoms with Crippen molar-refractivity contribution in [1.82, 2.24) is 9.67 Å². The van der Waals surface area contributed by atoms with Crippen LogP contribution in [0.4, 0.5) is 4.79 Å². The zero-order valence-corrected chi connectivity index (χ0v) is 11.2. The lowest BCUT2D eigenvalue weighted by Gasteiger charge is -2.13. The zero-order valence-electron chi connectivity index (χ0n) is 11.2. The summed E-state index contributed by atoms with van der Waals surface area (Å²) in [5.74, 6) is 0.772. The Bertz CT molecular complexity index is 432. The molecule has 0 aliphatic carbocycles. The summed E-state index contributed by atoms with van der Waals surface area (Å²) in [6.45, 7) is 6.42. The van der Waals surface area contributed by atoms with Crippen LogP contribution in [0.5, 0.6) is 0 Å². The summed E-state index contributed by atoms with van der Waals surface area (Å²) in [7, 11) is 1.35. The second-order valence-corrected chi connectivity index (χ2v) is 4.77. The Kier molecular flexibility index (Phi) is 3.65. The molecule has 0 N–H and O–H groups in total. The number of methoxy groups -OCH3 is 1. The fourth-order valence-electron chi connectivity index (χ4n) is 2.50. The van der Waals surface area contributed by atoms with E-state index in [1.54, 1.807) is 11.0 Å². The van der Waals surface area contributed by atoms with E-state index in [1.807, 2.05) is 0 Å². The number of hydrogen-bond acceptors (Lipinski definition) is 4. The molecule has 0 aromatic carbocycles. The first-order valence-corrected chi connectivity index (χ1v) is 6.27. The van der Waals surface area contributed by atoms with Crippen LogP contribution in [0.15, 0.2) is 12.7 Å². The molecule has 0 amide bonds. The van der Waals surface area contributed by atoms with Gasteiger partial charge in [0.05, 0.1) is 13.2 Å². The smallest absolute Gasteiger partial charge is 0.450 e. The maximum Gasteiger partial charge on any atom is 0.453 e. The molecule has 1 aromatic heterocycles. The summed E-state index contributed by atoms with van der Waals surface area (Å²) in [5, 5.41) is 0. The van der Waals surface area contributed by atoms with Crippen LogP contribution >= 0.6 is 0 Å². The highest BCUT2D eigenvalue weighted by molar-refractivity contribution is 5.67. The van der Waals surface area contributed by atoms with Gasteiger partial charge < -0.3 is 9.47 Å². The Morgan fingerprint density at radius 1 is 1.50 bits per heavy atom. The number of rotatable bonds is 2. The molecule has 0 bridgehead atoms. The van der Waals surface area contributed by atoms with E-state index in [4.69, 9.17) is 9.47 Å². The molecule has 4 atom stereocenters. The Balaban J connectivity index is 2.27. The van der Waals surface area contributed by atoms with Crippen LogP contribution in [0, 0.1) is 11.8 Å². The molecule has 0 spiro atoms. The van der Waals surface area contributed by atoms with Crippen molar-refractivity contribution in [2.24, 2.45) is 11.8 Å². The molecule has 1 aliphatic heterocycles. The van der Waals surface area contributed by atoms with Crippen molar-refractivity contribution in [3.8, 4) is 0 Å². The van der Waals surface area contributed by atoms with Crippen molar-refractivity contribution in [1.29, 1.82) is 0 Å². The van der Waals surface area contributed by atoms with Gasteiger partial charge in [-0.3, -0.25) is 0 Å². The number of carbonyl (C=O) groups excluding carboxylic acids is 1. The standard InChI is InChI=1S/C12H20N3O3/c1-5-10-8(2)9(3)11(18-10)14-6-13-7-15(14)12(16)17-4/h6-11H,5H2,1-4H3/q+1. The van der Waals surface area contributed by atoms with E-state index < -0.39 is 6.09 Å². The van der Waals surface area contributed by atoms with Crippen molar-refractivity contribution in [2.75, 3.05) is 7.11 Å². The van der Waals surface area contributed by atoms with E-state index in [2.05, 4.69) is 25.8 Å². The van der Waals surface area contributed by atoms with Crippen molar-refractivity contribution in [3.63, 3.8) is 0 Å². The number of hydrogen-bond donors (Lipinski definition) is 0. The summed E-state index contributed by atoms with van der Waals surface area (Å²) in [5.41, 5.74) is 0. The fraction of sp³-hybridized carbons (Fsp3) is 0.750. The monoisotopic (exact) mass is 254 g/mol. The molecule has 1 fully saturated rings. The minimum atomic E-state index is -0.462. The van der Waals surface area contributed by atoms with Gasteiger partial charge in [-0.05, 0) is 17.3 Å². The lowest BCUT2D eigenvalue weighted by Crippen LogP contribution is -2.51. The van der Waals surface area contributed by atoms with E-state index in [9.17, 15) is 4.79 Å². The van der Waals surface area contributed by atoms with E-state index >= 15 is 0 Å². The average molecular weight is 254 g/mol. The summed E-state index contributed by atoms with van der Waals surface area (Å²) in [6.07, 6.45) is 3.59. The maximum absolute atomic E-state index is 11.6. The fourth-order valence-corrected chi connectivity index (χ4v) is 2.50. The van der Waals surface area contributed by atoms with Crippen molar-refractivity contribution < 1.29 is 19.0 Å². The quantitative estimate of drug-likeness (QED) is 0.748. The molecule has 1 aliphatic rings. The first-order chi connectivity index (χ1) is 8.60. The maximum atomic E-state index is 11.6. The average Bonchev–Trinajstić information content (AvgIpc) is 2.95. The number of nitrogens with zero attached hydrogens (tertiary/aromatic N) is 3. The topological polar surface area (TPSA) is 57.2 Å². The molecule has 0 saturated carbocycles. The molecular weight excluding hydrogens is 234 g/mol. The van der Waals surface area contributed by atoms with Gasteiger partial charge in [-0.2, -0.15) is 0 Å². The minimum absolute atomic E-state index is 0.174. The zero-order chi connectivity index (χ0) is 13.3. The summed E-state index contributed by atoms with van der Waals surface area (Å²) < 4.78 is 13.8. The van der Waals surface area contributed by atoms with Crippen LogP contribution in [-0.4, -0.2) is 29.0 Å². The highest BCUT2D eigenvalue weighted by atomic mass is 16.5. The largest absolute Gasteiger partial charge is 0.453 e. The molecule has 6 nitrogen and oxygen atoms in total. The lowest BCUT2D eigenvalue weighted by molar-refractivity contribution is -0.825. The molecule has 2 rings (SSSR count). The number of ether oxygens (including phenoxy) is 2. The minimum Gasteiger partial charge on any atom is -0.450 e. The van der Waals surface area contributed by atoms with Gasteiger partial charge in [0, 0.05) is 5.92 Å². The van der Waals surface area contributed by atoms with Crippen molar-refractivity contribution >= 4 is 6.09 Å². The predicted octanol–water partition coefficient (Wildman–Crippen LogP) is 1.36. The van der Waals surface area contributed by atoms with E-state index in [0.29, 0.717) is 11.8 Å². The predicted molar refractivity (Wildman–Crippen MR) is 62.8 cm³/mol. The molecule has 1 aromatic rings. The molecule has 0 radical (unpaired) electrons. The van der Waals surface area contributed by atoms with Crippen LogP contribution < -0.4 is 4.68 Å². The molecule has 18 heavy (non-hydrogen) atoms. The third kappa shape index (κ3) is 2.01. The number of carbonyl (C=O) groups is 1. The van der Waals surface area contributed by atoms with Gasteiger partial charge in [0.25, 0.3) is 6.33 Å². The van der Waals surface area contributed by atoms with E-state index in [0.717, 1.165) is 6.42 Å². The van der Waals surface area contributed by atoms with Crippen LogP contribution in [-0.2, 0) is 9.47 Å². The van der Waals surface area contributed by atoms with E-state index in [1.165, 1.54) is 18.1 Å². The first kappa shape index (κ1) is 13.0. The lowest BCUT2D eigenvalue weighted by atomic mass is 9.92. The van der Waals surface area contributed by atoms with Gasteiger partial charge in [-0.15, -0.1) is 4.68 Å². The van der Waals surface area contributed by atoms with Gasteiger partial charge in [0.2, 0.25) is 6.23 Å².